The highest BCUT2D eigenvalue weighted by atomic mass is 14.7. The van der Waals surface area contributed by atoms with Crippen LogP contribution in [-0.2, 0) is 12.8 Å². The number of nitrogens with zero attached hydrogens (tertiary/aromatic N) is 2. The maximum atomic E-state index is 4.51. The average molecular weight is 316 g/mol. The van der Waals surface area contributed by atoms with Gasteiger partial charge in [-0.05, 0) is 61.9 Å². The van der Waals surface area contributed by atoms with Gasteiger partial charge in [0.15, 0.2) is 0 Å². The molecule has 2 nitrogen and oxygen atoms in total. The number of unbranched alkanes of at least 4 members (excludes halogenated alkanes) is 2. The minimum atomic E-state index is 1.04. The number of benzene rings is 1. The highest BCUT2D eigenvalue weighted by Gasteiger charge is 2.07. The lowest BCUT2D eigenvalue weighted by Gasteiger charge is -2.10. The van der Waals surface area contributed by atoms with Gasteiger partial charge in [0.25, 0.3) is 0 Å². The minimum Gasteiger partial charge on any atom is -0.261 e. The molecule has 3 aromatic rings. The van der Waals surface area contributed by atoms with Crippen molar-refractivity contribution in [3.05, 3.63) is 83.8 Å². The van der Waals surface area contributed by atoms with Crippen molar-refractivity contribution in [1.29, 1.82) is 0 Å². The van der Waals surface area contributed by atoms with Crippen molar-refractivity contribution in [3.8, 4) is 11.3 Å². The summed E-state index contributed by atoms with van der Waals surface area (Å²) < 4.78 is 0. The van der Waals surface area contributed by atoms with E-state index in [0.29, 0.717) is 0 Å². The van der Waals surface area contributed by atoms with E-state index in [1.54, 1.807) is 0 Å². The molecule has 0 spiro atoms. The van der Waals surface area contributed by atoms with Gasteiger partial charge in [0.2, 0.25) is 0 Å². The molecule has 122 valence electrons. The van der Waals surface area contributed by atoms with Crippen LogP contribution in [0.5, 0.6) is 0 Å². The molecule has 2 heterocycles. The van der Waals surface area contributed by atoms with E-state index < -0.39 is 0 Å². The molecule has 24 heavy (non-hydrogen) atoms. The molecule has 0 aliphatic rings. The Morgan fingerprint density at radius 3 is 2.38 bits per heavy atom. The Hall–Kier alpha value is -2.48. The molecular formula is C22H24N2. The molecule has 2 heteroatoms. The van der Waals surface area contributed by atoms with Crippen molar-refractivity contribution in [1.82, 2.24) is 9.97 Å². The molecule has 3 rings (SSSR count). The molecule has 0 amide bonds. The van der Waals surface area contributed by atoms with Crippen LogP contribution in [-0.4, -0.2) is 9.97 Å². The Bertz CT molecular complexity index is 751. The first-order chi connectivity index (χ1) is 11.8. The standard InChI is InChI=1S/C22H24N2/c1-18-16-21(22-14-8-9-15-23-22)20(17-24-18)13-7-3-6-12-19-10-4-2-5-11-19/h2,4-5,8-11,14-17H,3,6-7,12-13H2,1H3. The molecule has 0 radical (unpaired) electrons. The number of hydrogen-bond donors (Lipinski definition) is 0. The lowest BCUT2D eigenvalue weighted by atomic mass is 9.99. The molecule has 0 saturated heterocycles. The van der Waals surface area contributed by atoms with Gasteiger partial charge in [0.05, 0.1) is 5.69 Å². The van der Waals surface area contributed by atoms with Crippen molar-refractivity contribution in [2.75, 3.05) is 0 Å². The Morgan fingerprint density at radius 1 is 0.792 bits per heavy atom. The van der Waals surface area contributed by atoms with Crippen LogP contribution in [0.2, 0.25) is 0 Å². The SMILES string of the molecule is Cc1cc(-c2ccccn2)c(CCCCCc2ccccc2)cn1. The molecule has 0 fully saturated rings. The van der Waals surface area contributed by atoms with Crippen molar-refractivity contribution in [2.45, 2.75) is 39.0 Å². The third kappa shape index (κ3) is 4.51. The summed E-state index contributed by atoms with van der Waals surface area (Å²) in [6.45, 7) is 2.04. The topological polar surface area (TPSA) is 25.8 Å². The Morgan fingerprint density at radius 2 is 1.58 bits per heavy atom. The van der Waals surface area contributed by atoms with Crippen molar-refractivity contribution in [3.63, 3.8) is 0 Å². The lowest BCUT2D eigenvalue weighted by molar-refractivity contribution is 0.678. The Balaban J connectivity index is 1.57. The van der Waals surface area contributed by atoms with E-state index in [0.717, 1.165) is 17.8 Å². The van der Waals surface area contributed by atoms with E-state index in [-0.39, 0.29) is 0 Å². The number of aromatic nitrogens is 2. The van der Waals surface area contributed by atoms with Crippen LogP contribution in [0, 0.1) is 6.92 Å². The van der Waals surface area contributed by atoms with Crippen LogP contribution >= 0.6 is 0 Å². The van der Waals surface area contributed by atoms with Crippen LogP contribution in [0.3, 0.4) is 0 Å². The first-order valence-corrected chi connectivity index (χ1v) is 8.74. The van der Waals surface area contributed by atoms with Crippen LogP contribution in [0.4, 0.5) is 0 Å². The summed E-state index contributed by atoms with van der Waals surface area (Å²) in [5, 5.41) is 0. The van der Waals surface area contributed by atoms with E-state index in [9.17, 15) is 0 Å². The van der Waals surface area contributed by atoms with Crippen LogP contribution in [0.1, 0.15) is 36.1 Å². The monoisotopic (exact) mass is 316 g/mol. The van der Waals surface area contributed by atoms with Gasteiger partial charge < -0.3 is 0 Å². The van der Waals surface area contributed by atoms with Gasteiger partial charge in [-0.3, -0.25) is 9.97 Å². The normalized spacial score (nSPS) is 10.7. The largest absolute Gasteiger partial charge is 0.261 e. The Labute approximate surface area is 144 Å². The zero-order valence-electron chi connectivity index (χ0n) is 14.3. The van der Waals surface area contributed by atoms with Crippen LogP contribution in [0.15, 0.2) is 67.0 Å². The fourth-order valence-corrected chi connectivity index (χ4v) is 3.01. The first kappa shape index (κ1) is 16.4. The van der Waals surface area contributed by atoms with Gasteiger partial charge in [0, 0.05) is 23.7 Å². The number of aryl methyl sites for hydroxylation is 3. The smallest absolute Gasteiger partial charge is 0.0705 e. The fourth-order valence-electron chi connectivity index (χ4n) is 3.01. The van der Waals surface area contributed by atoms with Crippen molar-refractivity contribution >= 4 is 0 Å². The van der Waals surface area contributed by atoms with Crippen LogP contribution in [0.25, 0.3) is 11.3 Å². The summed E-state index contributed by atoms with van der Waals surface area (Å²) in [5.74, 6) is 0. The van der Waals surface area contributed by atoms with Gasteiger partial charge in [-0.2, -0.15) is 0 Å². The molecule has 0 saturated carbocycles. The molecule has 0 atom stereocenters. The Kier molecular flexibility index (Phi) is 5.73. The summed E-state index contributed by atoms with van der Waals surface area (Å²) >= 11 is 0. The summed E-state index contributed by atoms with van der Waals surface area (Å²) in [7, 11) is 0. The minimum absolute atomic E-state index is 1.04. The molecule has 0 aliphatic heterocycles. The van der Waals surface area contributed by atoms with Gasteiger partial charge in [-0.25, -0.2) is 0 Å². The quantitative estimate of drug-likeness (QED) is 0.545. The molecular weight excluding hydrogens is 292 g/mol. The fraction of sp³-hybridized carbons (Fsp3) is 0.273. The highest BCUT2D eigenvalue weighted by molar-refractivity contribution is 5.63. The van der Waals surface area contributed by atoms with Gasteiger partial charge >= 0.3 is 0 Å². The summed E-state index contributed by atoms with van der Waals surface area (Å²) in [6.07, 6.45) is 9.78. The second-order valence-electron chi connectivity index (χ2n) is 6.24. The molecule has 0 aliphatic carbocycles. The van der Waals surface area contributed by atoms with E-state index in [4.69, 9.17) is 0 Å². The molecule has 2 aromatic heterocycles. The van der Waals surface area contributed by atoms with E-state index in [2.05, 4.69) is 52.4 Å². The summed E-state index contributed by atoms with van der Waals surface area (Å²) in [4.78, 5) is 8.99. The maximum Gasteiger partial charge on any atom is 0.0705 e. The molecule has 1 aromatic carbocycles. The second-order valence-corrected chi connectivity index (χ2v) is 6.24. The first-order valence-electron chi connectivity index (χ1n) is 8.74. The van der Waals surface area contributed by atoms with E-state index >= 15 is 0 Å². The van der Waals surface area contributed by atoms with Gasteiger partial charge in [-0.1, -0.05) is 42.8 Å². The third-order valence-corrected chi connectivity index (χ3v) is 4.32. The summed E-state index contributed by atoms with van der Waals surface area (Å²) in [6, 6.07) is 19.0. The number of rotatable bonds is 7. The second kappa shape index (κ2) is 8.39. The van der Waals surface area contributed by atoms with E-state index in [1.807, 2.05) is 31.5 Å². The van der Waals surface area contributed by atoms with Crippen molar-refractivity contribution < 1.29 is 0 Å². The third-order valence-electron chi connectivity index (χ3n) is 4.32. The predicted octanol–water partition coefficient (Wildman–Crippen LogP) is 5.41. The summed E-state index contributed by atoms with van der Waals surface area (Å²) in [5.41, 5.74) is 6.06. The highest BCUT2D eigenvalue weighted by Crippen LogP contribution is 2.23. The number of pyridine rings is 2. The van der Waals surface area contributed by atoms with Crippen molar-refractivity contribution in [2.24, 2.45) is 0 Å². The lowest BCUT2D eigenvalue weighted by Crippen LogP contribution is -1.96. The molecule has 0 N–H and O–H groups in total. The number of hydrogen-bond acceptors (Lipinski definition) is 2. The zero-order chi connectivity index (χ0) is 16.6. The van der Waals surface area contributed by atoms with Gasteiger partial charge in [-0.15, -0.1) is 0 Å². The predicted molar refractivity (Wildman–Crippen MR) is 99.9 cm³/mol. The van der Waals surface area contributed by atoms with Gasteiger partial charge in [0.1, 0.15) is 0 Å². The van der Waals surface area contributed by atoms with E-state index in [1.165, 1.54) is 42.4 Å². The maximum absolute atomic E-state index is 4.51. The van der Waals surface area contributed by atoms with Crippen LogP contribution < -0.4 is 0 Å². The zero-order valence-corrected chi connectivity index (χ0v) is 14.3. The average Bonchev–Trinajstić information content (AvgIpc) is 2.64. The molecule has 0 bridgehead atoms. The molecule has 0 unspecified atom stereocenters.